The van der Waals surface area contributed by atoms with Crippen LogP contribution in [-0.2, 0) is 16.1 Å². The van der Waals surface area contributed by atoms with Gasteiger partial charge in [0.1, 0.15) is 11.6 Å². The third-order valence-corrected chi connectivity index (χ3v) is 4.61. The summed E-state index contributed by atoms with van der Waals surface area (Å²) in [4.78, 5) is 31.5. The molecule has 2 amide bonds. The highest BCUT2D eigenvalue weighted by atomic mass is 16.2. The van der Waals surface area contributed by atoms with Crippen LogP contribution in [0.1, 0.15) is 11.1 Å². The van der Waals surface area contributed by atoms with Gasteiger partial charge in [0, 0.05) is 11.8 Å². The van der Waals surface area contributed by atoms with Crippen LogP contribution in [0.3, 0.4) is 0 Å². The van der Waals surface area contributed by atoms with Crippen LogP contribution in [0.5, 0.6) is 0 Å². The number of hydrogen-bond donors (Lipinski definition) is 1. The Bertz CT molecular complexity index is 1150. The maximum atomic E-state index is 13.2. The Balaban J connectivity index is 1.75. The van der Waals surface area contributed by atoms with Crippen LogP contribution in [0.2, 0.25) is 0 Å². The highest BCUT2D eigenvalue weighted by Gasteiger charge is 2.36. The van der Waals surface area contributed by atoms with Crippen LogP contribution in [-0.4, -0.2) is 16.8 Å². The van der Waals surface area contributed by atoms with Crippen molar-refractivity contribution in [2.45, 2.75) is 6.54 Å². The summed E-state index contributed by atoms with van der Waals surface area (Å²) in [5, 5.41) is 12.3. The van der Waals surface area contributed by atoms with Crippen LogP contribution >= 0.6 is 0 Å². The number of amides is 2. The standard InChI is InChI=1S/C23H16N4O2/c24-13-19(22(28)26-17-9-6-12-25-14-17)21-18-10-4-5-11-20(18)27(23(21)29)15-16-7-2-1-3-8-16/h1-12,14H,15H2,(H,26,28)/b21-19-. The van der Waals surface area contributed by atoms with Crippen molar-refractivity contribution in [3.8, 4) is 6.07 Å². The fraction of sp³-hybridized carbons (Fsp3) is 0.0435. The van der Waals surface area contributed by atoms with Gasteiger partial charge in [-0.3, -0.25) is 14.6 Å². The van der Waals surface area contributed by atoms with Gasteiger partial charge in [-0.15, -0.1) is 0 Å². The molecule has 29 heavy (non-hydrogen) atoms. The topological polar surface area (TPSA) is 86.1 Å². The number of nitriles is 1. The summed E-state index contributed by atoms with van der Waals surface area (Å²) >= 11 is 0. The lowest BCUT2D eigenvalue weighted by Gasteiger charge is -2.17. The van der Waals surface area contributed by atoms with E-state index >= 15 is 0 Å². The molecule has 1 N–H and O–H groups in total. The maximum absolute atomic E-state index is 13.2. The zero-order valence-corrected chi connectivity index (χ0v) is 15.4. The molecule has 2 heterocycles. The van der Waals surface area contributed by atoms with E-state index in [2.05, 4.69) is 10.3 Å². The summed E-state index contributed by atoms with van der Waals surface area (Å²) in [6.07, 6.45) is 3.06. The summed E-state index contributed by atoms with van der Waals surface area (Å²) in [5.41, 5.74) is 2.55. The molecule has 0 bridgehead atoms. The Morgan fingerprint density at radius 3 is 2.52 bits per heavy atom. The number of nitrogens with one attached hydrogen (secondary N) is 1. The third kappa shape index (κ3) is 3.49. The zero-order chi connectivity index (χ0) is 20.2. The van der Waals surface area contributed by atoms with Gasteiger partial charge in [-0.1, -0.05) is 48.5 Å². The van der Waals surface area contributed by atoms with E-state index in [9.17, 15) is 14.9 Å². The second kappa shape index (κ2) is 7.79. The largest absolute Gasteiger partial charge is 0.320 e. The molecular formula is C23H16N4O2. The van der Waals surface area contributed by atoms with Gasteiger partial charge in [-0.05, 0) is 23.8 Å². The summed E-state index contributed by atoms with van der Waals surface area (Å²) in [6.45, 7) is 0.350. The molecule has 2 aromatic carbocycles. The van der Waals surface area contributed by atoms with Crippen LogP contribution in [0, 0.1) is 11.3 Å². The van der Waals surface area contributed by atoms with Crippen molar-refractivity contribution in [3.05, 3.63) is 95.8 Å². The van der Waals surface area contributed by atoms with Gasteiger partial charge in [-0.25, -0.2) is 0 Å². The first-order valence-electron chi connectivity index (χ1n) is 9.00. The van der Waals surface area contributed by atoms with Crippen molar-refractivity contribution in [2.75, 3.05) is 10.2 Å². The minimum Gasteiger partial charge on any atom is -0.320 e. The number of pyridine rings is 1. The Morgan fingerprint density at radius 1 is 1.03 bits per heavy atom. The molecular weight excluding hydrogens is 364 g/mol. The predicted molar refractivity (Wildman–Crippen MR) is 109 cm³/mol. The Morgan fingerprint density at radius 2 is 1.79 bits per heavy atom. The summed E-state index contributed by atoms with van der Waals surface area (Å²) < 4.78 is 0. The van der Waals surface area contributed by atoms with Gasteiger partial charge in [0.25, 0.3) is 11.8 Å². The monoisotopic (exact) mass is 380 g/mol. The first-order chi connectivity index (χ1) is 14.2. The molecule has 0 radical (unpaired) electrons. The molecule has 0 aliphatic carbocycles. The number of benzene rings is 2. The minimum atomic E-state index is -0.639. The van der Waals surface area contributed by atoms with Gasteiger partial charge in [-0.2, -0.15) is 5.26 Å². The highest BCUT2D eigenvalue weighted by molar-refractivity contribution is 6.37. The Hall–Kier alpha value is -4.24. The lowest BCUT2D eigenvalue weighted by molar-refractivity contribution is -0.114. The van der Waals surface area contributed by atoms with Crippen molar-refractivity contribution in [2.24, 2.45) is 0 Å². The van der Waals surface area contributed by atoms with Gasteiger partial charge >= 0.3 is 0 Å². The predicted octanol–water partition coefficient (Wildman–Crippen LogP) is 3.54. The van der Waals surface area contributed by atoms with E-state index in [1.165, 1.54) is 6.20 Å². The van der Waals surface area contributed by atoms with Crippen LogP contribution in [0.25, 0.3) is 5.57 Å². The summed E-state index contributed by atoms with van der Waals surface area (Å²) in [6, 6.07) is 22.0. The van der Waals surface area contributed by atoms with Gasteiger partial charge in [0.05, 0.1) is 29.7 Å². The van der Waals surface area contributed by atoms with Crippen molar-refractivity contribution in [1.82, 2.24) is 4.98 Å². The molecule has 0 saturated carbocycles. The molecule has 1 aromatic heterocycles. The molecule has 4 rings (SSSR count). The van der Waals surface area contributed by atoms with Gasteiger partial charge in [0.15, 0.2) is 0 Å². The quantitative estimate of drug-likeness (QED) is 0.554. The number of para-hydroxylation sites is 1. The molecule has 140 valence electrons. The SMILES string of the molecule is N#C/C(C(=O)Nc1cccnc1)=C1/C(=O)N(Cc2ccccc2)c2ccccc21. The molecule has 6 heteroatoms. The fourth-order valence-corrected chi connectivity index (χ4v) is 3.30. The third-order valence-electron chi connectivity index (χ3n) is 4.61. The average Bonchev–Trinajstić information content (AvgIpc) is 3.02. The van der Waals surface area contributed by atoms with E-state index < -0.39 is 5.91 Å². The van der Waals surface area contributed by atoms with Crippen molar-refractivity contribution < 1.29 is 9.59 Å². The minimum absolute atomic E-state index is 0.112. The number of carbonyl (C=O) groups excluding carboxylic acids is 2. The van der Waals surface area contributed by atoms with Crippen molar-refractivity contribution in [1.29, 1.82) is 5.26 Å². The van der Waals surface area contributed by atoms with Crippen LogP contribution < -0.4 is 10.2 Å². The molecule has 3 aromatic rings. The normalized spacial score (nSPS) is 14.2. The van der Waals surface area contributed by atoms with Crippen LogP contribution in [0.15, 0.2) is 84.7 Å². The number of rotatable bonds is 4. The van der Waals surface area contributed by atoms with E-state index in [1.54, 1.807) is 35.4 Å². The molecule has 0 saturated heterocycles. The molecule has 6 nitrogen and oxygen atoms in total. The second-order valence-electron chi connectivity index (χ2n) is 6.45. The molecule has 1 aliphatic heterocycles. The zero-order valence-electron chi connectivity index (χ0n) is 15.4. The second-order valence-corrected chi connectivity index (χ2v) is 6.45. The number of aromatic nitrogens is 1. The fourth-order valence-electron chi connectivity index (χ4n) is 3.30. The lowest BCUT2D eigenvalue weighted by Crippen LogP contribution is -2.27. The van der Waals surface area contributed by atoms with Crippen molar-refractivity contribution in [3.63, 3.8) is 0 Å². The van der Waals surface area contributed by atoms with Crippen molar-refractivity contribution >= 4 is 28.8 Å². The summed E-state index contributed by atoms with van der Waals surface area (Å²) in [5.74, 6) is -1.01. The highest BCUT2D eigenvalue weighted by Crippen LogP contribution is 2.39. The lowest BCUT2D eigenvalue weighted by atomic mass is 10.0. The van der Waals surface area contributed by atoms with Crippen LogP contribution in [0.4, 0.5) is 11.4 Å². The Labute approximate surface area is 167 Å². The molecule has 0 atom stereocenters. The number of hydrogen-bond acceptors (Lipinski definition) is 4. The van der Waals surface area contributed by atoms with Gasteiger partial charge in [0.2, 0.25) is 0 Å². The van der Waals surface area contributed by atoms with E-state index in [0.717, 1.165) is 5.56 Å². The number of nitrogens with zero attached hydrogens (tertiary/aromatic N) is 3. The molecule has 1 aliphatic rings. The first kappa shape index (κ1) is 18.1. The molecule has 0 spiro atoms. The van der Waals surface area contributed by atoms with E-state index in [0.29, 0.717) is 23.5 Å². The maximum Gasteiger partial charge on any atom is 0.267 e. The summed E-state index contributed by atoms with van der Waals surface area (Å²) in [7, 11) is 0. The van der Waals surface area contributed by atoms with Gasteiger partial charge < -0.3 is 10.2 Å². The molecule has 0 unspecified atom stereocenters. The molecule has 0 fully saturated rings. The number of anilines is 2. The number of carbonyl (C=O) groups is 2. The van der Waals surface area contributed by atoms with E-state index in [4.69, 9.17) is 0 Å². The average molecular weight is 380 g/mol. The Kier molecular flexibility index (Phi) is 4.87. The van der Waals surface area contributed by atoms with E-state index in [-0.39, 0.29) is 17.1 Å². The smallest absolute Gasteiger partial charge is 0.267 e. The number of fused-ring (bicyclic) bond motifs is 1. The first-order valence-corrected chi connectivity index (χ1v) is 9.00. The van der Waals surface area contributed by atoms with E-state index in [1.807, 2.05) is 48.5 Å².